The average Bonchev–Trinajstić information content (AvgIpc) is 3.18. The van der Waals surface area contributed by atoms with Crippen LogP contribution < -0.4 is 5.32 Å². The van der Waals surface area contributed by atoms with Gasteiger partial charge in [-0.15, -0.1) is 0 Å². The number of aliphatic hydroxyl groups is 8. The number of aliphatic hydroxyl groups excluding tert-OH is 8. The van der Waals surface area contributed by atoms with E-state index in [0.29, 0.717) is 12.8 Å². The Morgan fingerprint density at radius 3 is 1.55 bits per heavy atom. The van der Waals surface area contributed by atoms with Crippen molar-refractivity contribution in [3.05, 3.63) is 0 Å². The first kappa shape index (κ1) is 50.1. The molecule has 2 fully saturated rings. The highest BCUT2D eigenvalue weighted by molar-refractivity contribution is 5.76. The smallest absolute Gasteiger partial charge is 0.220 e. The standard InChI is InChI=1S/C41H79NO13/c1-3-5-7-8-9-10-11-12-13-14-15-16-17-18-19-20-21-23-25-33(46)42-29(30(45)24-22-6-4-2)28-52-40-38(51)36(49)39(32(27-44)54-40)55-41-37(50)35(48)34(47)31(26-43)53-41/h29-32,34-41,43-45,47-51H,3-28H2,1-2H3,(H,42,46). The molecule has 9 N–H and O–H groups in total. The molecule has 1 amide bonds. The maximum Gasteiger partial charge on any atom is 0.220 e. The van der Waals surface area contributed by atoms with Crippen molar-refractivity contribution in [3.8, 4) is 0 Å². The number of amides is 1. The van der Waals surface area contributed by atoms with Gasteiger partial charge in [-0.05, 0) is 12.8 Å². The fraction of sp³-hybridized carbons (Fsp3) is 0.976. The SMILES string of the molecule is CCCCCCCCCCCCCCCCCCCCC(=O)NC(COC1OC(CO)C(OC2OC(CO)C(O)C(O)C2O)C(O)C1O)C(O)CCCCC. The second kappa shape index (κ2) is 30.1. The highest BCUT2D eigenvalue weighted by Gasteiger charge is 2.51. The summed E-state index contributed by atoms with van der Waals surface area (Å²) >= 11 is 0. The summed E-state index contributed by atoms with van der Waals surface area (Å²) in [7, 11) is 0. The monoisotopic (exact) mass is 794 g/mol. The minimum absolute atomic E-state index is 0.217. The number of hydrogen-bond acceptors (Lipinski definition) is 13. The summed E-state index contributed by atoms with van der Waals surface area (Å²) < 4.78 is 22.5. The van der Waals surface area contributed by atoms with E-state index in [1.54, 1.807) is 0 Å². The Bertz CT molecular complexity index is 946. The number of carbonyl (C=O) groups is 1. The van der Waals surface area contributed by atoms with Crippen LogP contribution in [0.5, 0.6) is 0 Å². The molecule has 0 aromatic rings. The molecule has 0 aliphatic carbocycles. The molecule has 2 rings (SSSR count). The number of carbonyl (C=O) groups excluding carboxylic acids is 1. The van der Waals surface area contributed by atoms with Crippen LogP contribution in [-0.2, 0) is 23.7 Å². The van der Waals surface area contributed by atoms with Crippen molar-refractivity contribution < 1.29 is 64.6 Å². The third kappa shape index (κ3) is 19.1. The summed E-state index contributed by atoms with van der Waals surface area (Å²) in [4.78, 5) is 12.9. The number of rotatable bonds is 32. The normalized spacial score (nSPS) is 29.6. The van der Waals surface area contributed by atoms with E-state index in [-0.39, 0.29) is 12.5 Å². The van der Waals surface area contributed by atoms with Crippen LogP contribution >= 0.6 is 0 Å². The molecule has 2 heterocycles. The first-order valence-electron chi connectivity index (χ1n) is 21.8. The largest absolute Gasteiger partial charge is 0.394 e. The average molecular weight is 794 g/mol. The molecule has 0 aromatic heterocycles. The number of hydrogen-bond donors (Lipinski definition) is 9. The lowest BCUT2D eigenvalue weighted by atomic mass is 9.97. The Labute approximate surface area is 330 Å². The molecule has 0 spiro atoms. The van der Waals surface area contributed by atoms with E-state index >= 15 is 0 Å². The Kier molecular flexibility index (Phi) is 27.4. The van der Waals surface area contributed by atoms with Gasteiger partial charge in [-0.25, -0.2) is 0 Å². The van der Waals surface area contributed by atoms with Crippen LogP contribution in [0.25, 0.3) is 0 Å². The molecule has 14 heteroatoms. The van der Waals surface area contributed by atoms with Gasteiger partial charge in [-0.3, -0.25) is 4.79 Å². The molecule has 0 aromatic carbocycles. The van der Waals surface area contributed by atoms with E-state index < -0.39 is 86.8 Å². The highest BCUT2D eigenvalue weighted by Crippen LogP contribution is 2.30. The Morgan fingerprint density at radius 2 is 1.04 bits per heavy atom. The molecular weight excluding hydrogens is 714 g/mol. The van der Waals surface area contributed by atoms with Crippen molar-refractivity contribution >= 4 is 5.91 Å². The Hall–Kier alpha value is -1.01. The summed E-state index contributed by atoms with van der Waals surface area (Å²) in [6, 6.07) is -0.816. The van der Waals surface area contributed by atoms with Crippen molar-refractivity contribution in [3.63, 3.8) is 0 Å². The van der Waals surface area contributed by atoms with Gasteiger partial charge in [0.15, 0.2) is 12.6 Å². The molecule has 12 atom stereocenters. The van der Waals surface area contributed by atoms with Gasteiger partial charge >= 0.3 is 0 Å². The molecule has 0 radical (unpaired) electrons. The van der Waals surface area contributed by atoms with Gasteiger partial charge < -0.3 is 65.1 Å². The lowest BCUT2D eigenvalue weighted by molar-refractivity contribution is -0.359. The minimum atomic E-state index is -1.78. The molecule has 12 unspecified atom stereocenters. The van der Waals surface area contributed by atoms with Gasteiger partial charge in [0.2, 0.25) is 5.91 Å². The maximum absolute atomic E-state index is 12.9. The molecule has 2 aliphatic rings. The fourth-order valence-electron chi connectivity index (χ4n) is 7.41. The summed E-state index contributed by atoms with van der Waals surface area (Å²) in [5.74, 6) is -0.217. The van der Waals surface area contributed by atoms with Crippen molar-refractivity contribution in [1.82, 2.24) is 5.32 Å². The summed E-state index contributed by atoms with van der Waals surface area (Å²) in [6.45, 7) is 2.66. The Morgan fingerprint density at radius 1 is 0.582 bits per heavy atom. The van der Waals surface area contributed by atoms with Crippen LogP contribution in [0.1, 0.15) is 162 Å². The van der Waals surface area contributed by atoms with Crippen LogP contribution in [0, 0.1) is 0 Å². The van der Waals surface area contributed by atoms with Crippen LogP contribution in [0.2, 0.25) is 0 Å². The van der Waals surface area contributed by atoms with Gasteiger partial charge in [0.05, 0.1) is 32.0 Å². The first-order chi connectivity index (χ1) is 26.6. The van der Waals surface area contributed by atoms with E-state index in [1.807, 2.05) is 6.92 Å². The molecule has 0 bridgehead atoms. The topological polar surface area (TPSA) is 228 Å². The lowest BCUT2D eigenvalue weighted by Crippen LogP contribution is -2.65. The van der Waals surface area contributed by atoms with E-state index in [1.165, 1.54) is 89.9 Å². The third-order valence-electron chi connectivity index (χ3n) is 11.1. The highest BCUT2D eigenvalue weighted by atomic mass is 16.7. The van der Waals surface area contributed by atoms with E-state index in [2.05, 4.69) is 12.2 Å². The molecule has 2 aliphatic heterocycles. The molecule has 2 saturated heterocycles. The van der Waals surface area contributed by atoms with Crippen molar-refractivity contribution in [2.24, 2.45) is 0 Å². The minimum Gasteiger partial charge on any atom is -0.394 e. The number of ether oxygens (including phenoxy) is 4. The molecule has 326 valence electrons. The second-order valence-corrected chi connectivity index (χ2v) is 15.8. The zero-order valence-corrected chi connectivity index (χ0v) is 33.9. The second-order valence-electron chi connectivity index (χ2n) is 15.8. The summed E-state index contributed by atoms with van der Waals surface area (Å²) in [5.41, 5.74) is 0. The van der Waals surface area contributed by atoms with Gasteiger partial charge in [0.1, 0.15) is 48.8 Å². The third-order valence-corrected chi connectivity index (χ3v) is 11.1. The molecule has 0 saturated carbocycles. The van der Waals surface area contributed by atoms with Crippen LogP contribution in [-0.4, -0.2) is 140 Å². The van der Waals surface area contributed by atoms with E-state index in [9.17, 15) is 45.6 Å². The van der Waals surface area contributed by atoms with Crippen molar-refractivity contribution in [2.45, 2.75) is 235 Å². The predicted octanol–water partition coefficient (Wildman–Crippen LogP) is 3.48. The first-order valence-corrected chi connectivity index (χ1v) is 21.8. The fourth-order valence-corrected chi connectivity index (χ4v) is 7.41. The zero-order chi connectivity index (χ0) is 40.4. The van der Waals surface area contributed by atoms with Crippen LogP contribution in [0.15, 0.2) is 0 Å². The molecule has 14 nitrogen and oxygen atoms in total. The maximum atomic E-state index is 12.9. The summed E-state index contributed by atoms with van der Waals surface area (Å²) in [6.07, 6.45) is 9.39. The van der Waals surface area contributed by atoms with Gasteiger partial charge in [0.25, 0.3) is 0 Å². The quantitative estimate of drug-likeness (QED) is 0.0445. The zero-order valence-electron chi connectivity index (χ0n) is 33.9. The predicted molar refractivity (Wildman–Crippen MR) is 208 cm³/mol. The van der Waals surface area contributed by atoms with Crippen molar-refractivity contribution in [2.75, 3.05) is 19.8 Å². The van der Waals surface area contributed by atoms with Crippen LogP contribution in [0.4, 0.5) is 0 Å². The number of unbranched alkanes of at least 4 members (excludes halogenated alkanes) is 19. The molecular formula is C41H79NO13. The summed E-state index contributed by atoms with van der Waals surface area (Å²) in [5, 5.41) is 85.7. The van der Waals surface area contributed by atoms with Crippen molar-refractivity contribution in [1.29, 1.82) is 0 Å². The lowest BCUT2D eigenvalue weighted by Gasteiger charge is -2.46. The van der Waals surface area contributed by atoms with Crippen LogP contribution in [0.3, 0.4) is 0 Å². The van der Waals surface area contributed by atoms with E-state index in [4.69, 9.17) is 18.9 Å². The number of nitrogens with one attached hydrogen (secondary N) is 1. The van der Waals surface area contributed by atoms with Gasteiger partial charge in [-0.2, -0.15) is 0 Å². The molecule has 55 heavy (non-hydrogen) atoms. The Balaban J connectivity index is 1.72. The van der Waals surface area contributed by atoms with Gasteiger partial charge in [-0.1, -0.05) is 142 Å². The van der Waals surface area contributed by atoms with E-state index in [0.717, 1.165) is 44.9 Å². The van der Waals surface area contributed by atoms with Gasteiger partial charge in [0, 0.05) is 6.42 Å².